The van der Waals surface area contributed by atoms with E-state index in [0.717, 1.165) is 115 Å². The van der Waals surface area contributed by atoms with E-state index in [-0.39, 0.29) is 0 Å². The van der Waals surface area contributed by atoms with Crippen molar-refractivity contribution >= 4 is 44.4 Å². The van der Waals surface area contributed by atoms with Crippen LogP contribution in [0.2, 0.25) is 0 Å². The number of nitrogens with zero attached hydrogens (tertiary/aromatic N) is 6. The summed E-state index contributed by atoms with van der Waals surface area (Å²) in [6.07, 6.45) is 18.1. The largest absolute Gasteiger partial charge is 0.355 e. The minimum absolute atomic E-state index is 0.804. The number of fused-ring (bicyclic) bond motifs is 8. The van der Waals surface area contributed by atoms with Crippen molar-refractivity contribution in [3.8, 4) is 22.3 Å². The third-order valence-electron chi connectivity index (χ3n) is 11.0. The average molecular weight is 731 g/mol. The Labute approximate surface area is 326 Å². The number of pyridine rings is 4. The Kier molecular flexibility index (Phi) is 9.23. The lowest BCUT2D eigenvalue weighted by molar-refractivity contribution is 1.16. The third kappa shape index (κ3) is 6.04. The van der Waals surface area contributed by atoms with E-state index in [4.69, 9.17) is 9.97 Å². The van der Waals surface area contributed by atoms with Crippen molar-refractivity contribution in [2.75, 3.05) is 0 Å². The molecule has 0 spiro atoms. The van der Waals surface area contributed by atoms with Crippen LogP contribution in [-0.4, -0.2) is 39.9 Å². The molecule has 56 heavy (non-hydrogen) atoms. The molecule has 0 aromatic carbocycles. The first-order valence-corrected chi connectivity index (χ1v) is 19.5. The predicted octanol–water partition coefficient (Wildman–Crippen LogP) is 11.1. The van der Waals surface area contributed by atoms with Crippen LogP contribution in [0.4, 0.5) is 0 Å². The van der Waals surface area contributed by atoms with Crippen LogP contribution in [0.5, 0.6) is 0 Å². The molecule has 7 aromatic rings. The first kappa shape index (κ1) is 34.9. The Morgan fingerprint density at radius 2 is 0.696 bits per heavy atom. The highest BCUT2D eigenvalue weighted by Crippen LogP contribution is 2.42. The van der Waals surface area contributed by atoms with E-state index in [0.29, 0.717) is 0 Å². The lowest BCUT2D eigenvalue weighted by Gasteiger charge is -2.07. The second kappa shape index (κ2) is 14.8. The van der Waals surface area contributed by atoms with Gasteiger partial charge in [-0.2, -0.15) is 0 Å². The average Bonchev–Trinajstić information content (AvgIpc) is 3.98. The molecule has 0 aliphatic carbocycles. The Balaban J connectivity index is 1.49. The third-order valence-corrected chi connectivity index (χ3v) is 11.0. The van der Waals surface area contributed by atoms with Crippen LogP contribution >= 0.6 is 0 Å². The maximum absolute atomic E-state index is 5.48. The van der Waals surface area contributed by atoms with Crippen molar-refractivity contribution in [3.05, 3.63) is 167 Å². The Hall–Kier alpha value is -6.80. The Morgan fingerprint density at radius 1 is 0.375 bits per heavy atom. The first-order chi connectivity index (χ1) is 27.6. The van der Waals surface area contributed by atoms with Gasteiger partial charge >= 0.3 is 0 Å². The zero-order chi connectivity index (χ0) is 38.2. The van der Waals surface area contributed by atoms with E-state index in [2.05, 4.69) is 130 Å². The number of hydrogen-bond acceptors (Lipinski definition) is 6. The highest BCUT2D eigenvalue weighted by Gasteiger charge is 2.25. The summed E-state index contributed by atoms with van der Waals surface area (Å²) in [4.78, 5) is 36.2. The zero-order valence-electron chi connectivity index (χ0n) is 32.1. The van der Waals surface area contributed by atoms with Gasteiger partial charge in [0.2, 0.25) is 0 Å². The minimum Gasteiger partial charge on any atom is -0.355 e. The van der Waals surface area contributed by atoms with Crippen molar-refractivity contribution in [3.63, 3.8) is 0 Å². The molecular weight excluding hydrogens is 689 g/mol. The molecule has 2 aliphatic heterocycles. The molecule has 7 aromatic heterocycles. The van der Waals surface area contributed by atoms with Crippen LogP contribution in [0.15, 0.2) is 122 Å². The van der Waals surface area contributed by atoms with Gasteiger partial charge in [0, 0.05) is 93.9 Å². The van der Waals surface area contributed by atoms with Gasteiger partial charge in [-0.3, -0.25) is 19.9 Å². The molecule has 2 N–H and O–H groups in total. The number of aromatic nitrogens is 8. The van der Waals surface area contributed by atoms with Gasteiger partial charge in [-0.15, -0.1) is 0 Å². The van der Waals surface area contributed by atoms with Crippen LogP contribution < -0.4 is 0 Å². The Morgan fingerprint density at radius 3 is 1.02 bits per heavy atom. The molecule has 8 heteroatoms. The fourth-order valence-corrected chi connectivity index (χ4v) is 8.52. The molecule has 274 valence electrons. The number of hydrogen-bond donors (Lipinski definition) is 2. The van der Waals surface area contributed by atoms with Crippen molar-refractivity contribution in [1.82, 2.24) is 39.9 Å². The summed E-state index contributed by atoms with van der Waals surface area (Å²) in [5.74, 6) is 0. The van der Waals surface area contributed by atoms with E-state index >= 15 is 0 Å². The second-order valence-corrected chi connectivity index (χ2v) is 14.0. The van der Waals surface area contributed by atoms with E-state index in [1.807, 2.05) is 49.6 Å². The fourth-order valence-electron chi connectivity index (χ4n) is 8.52. The molecule has 9 heterocycles. The minimum atomic E-state index is 0.804. The molecule has 0 radical (unpaired) electrons. The van der Waals surface area contributed by atoms with Gasteiger partial charge < -0.3 is 9.97 Å². The number of H-pyrrole nitrogens is 2. The number of aromatic amines is 2. The van der Waals surface area contributed by atoms with Crippen molar-refractivity contribution in [1.29, 1.82) is 0 Å². The first-order valence-electron chi connectivity index (χ1n) is 19.5. The summed E-state index contributed by atoms with van der Waals surface area (Å²) >= 11 is 0. The van der Waals surface area contributed by atoms with E-state index in [9.17, 15) is 0 Å². The quantitative estimate of drug-likeness (QED) is 0.161. The summed E-state index contributed by atoms with van der Waals surface area (Å²) in [5, 5.41) is 0. The maximum atomic E-state index is 5.48. The summed E-state index contributed by atoms with van der Waals surface area (Å²) in [6, 6.07) is 25.6. The molecule has 0 atom stereocenters. The highest BCUT2D eigenvalue weighted by atomic mass is 14.8. The van der Waals surface area contributed by atoms with Gasteiger partial charge in [-0.05, 0) is 143 Å². The van der Waals surface area contributed by atoms with Gasteiger partial charge in [0.25, 0.3) is 0 Å². The van der Waals surface area contributed by atoms with Crippen LogP contribution in [0.1, 0.15) is 85.6 Å². The molecule has 8 bridgehead atoms. The normalized spacial score (nSPS) is 12.8. The molecule has 8 nitrogen and oxygen atoms in total. The van der Waals surface area contributed by atoms with Crippen LogP contribution in [0, 0.1) is 0 Å². The maximum Gasteiger partial charge on any atom is 0.0739 e. The lowest BCUT2D eigenvalue weighted by Crippen LogP contribution is -1.89. The summed E-state index contributed by atoms with van der Waals surface area (Å²) < 4.78 is 0. The summed E-state index contributed by atoms with van der Waals surface area (Å²) in [7, 11) is 0. The standard InChI is InChI=1S/C48H42N8/c1-5-33-37-25-38-34(6-2)46(30-11-19-50-20-12-30)43(54-38)28-44-48(32-15-23-52-24-16-32)36(8-4)40(56-44)26-39-35(7-3)47(31-13-21-51-22-14-31)42(55-39)27-41(53-37)45(33)29-9-17-49-18-10-29/h9-28,53,56H,5-8H2,1-4H3. The smallest absolute Gasteiger partial charge is 0.0739 e. The molecule has 2 aliphatic rings. The van der Waals surface area contributed by atoms with Crippen LogP contribution in [0.25, 0.3) is 66.6 Å². The zero-order valence-corrected chi connectivity index (χ0v) is 32.1. The fraction of sp³-hybridized carbons (Fsp3) is 0.167. The van der Waals surface area contributed by atoms with E-state index < -0.39 is 0 Å². The summed E-state index contributed by atoms with van der Waals surface area (Å²) in [6.45, 7) is 8.87. The lowest BCUT2D eigenvalue weighted by atomic mass is 9.94. The van der Waals surface area contributed by atoms with Crippen molar-refractivity contribution < 1.29 is 0 Å². The van der Waals surface area contributed by atoms with Crippen molar-refractivity contribution in [2.24, 2.45) is 0 Å². The molecule has 0 saturated heterocycles. The van der Waals surface area contributed by atoms with Crippen LogP contribution in [-0.2, 0) is 12.8 Å². The molecule has 0 amide bonds. The second-order valence-electron chi connectivity index (χ2n) is 14.0. The monoisotopic (exact) mass is 730 g/mol. The van der Waals surface area contributed by atoms with Crippen molar-refractivity contribution in [2.45, 2.75) is 53.4 Å². The summed E-state index contributed by atoms with van der Waals surface area (Å²) in [5.41, 5.74) is 21.5. The van der Waals surface area contributed by atoms with Gasteiger partial charge in [-0.25, -0.2) is 9.97 Å². The molecule has 0 unspecified atom stereocenters. The Bertz CT molecular complexity index is 2620. The molecule has 0 fully saturated rings. The number of aryl methyl sites for hydroxylation is 2. The SMILES string of the molecule is CCC1=C(c2ccncc2)c2cc3[nH]c(cc4nc(cc5[nH]c(cc1n2)c(CC)c5-c1ccncc1)C(c1ccncc1)=C4CC)c(CC)c3-c1ccncc1. The number of nitrogens with one attached hydrogen (secondary N) is 2. The topological polar surface area (TPSA) is 109 Å². The van der Waals surface area contributed by atoms with Gasteiger partial charge in [0.15, 0.2) is 0 Å². The van der Waals surface area contributed by atoms with E-state index in [1.54, 1.807) is 0 Å². The molecular formula is C48H42N8. The number of allylic oxidation sites excluding steroid dienone is 2. The van der Waals surface area contributed by atoms with E-state index in [1.165, 1.54) is 22.3 Å². The molecule has 9 rings (SSSR count). The molecule has 0 saturated carbocycles. The van der Waals surface area contributed by atoms with Gasteiger partial charge in [0.05, 0.1) is 22.8 Å². The number of rotatable bonds is 8. The highest BCUT2D eigenvalue weighted by molar-refractivity contribution is 6.04. The van der Waals surface area contributed by atoms with Gasteiger partial charge in [0.1, 0.15) is 0 Å². The predicted molar refractivity (Wildman–Crippen MR) is 227 cm³/mol. The van der Waals surface area contributed by atoms with Gasteiger partial charge in [-0.1, -0.05) is 27.7 Å². The van der Waals surface area contributed by atoms with Crippen LogP contribution in [0.3, 0.4) is 0 Å².